The summed E-state index contributed by atoms with van der Waals surface area (Å²) in [4.78, 5) is 17.3. The lowest BCUT2D eigenvalue weighted by molar-refractivity contribution is 0.0696. The Bertz CT molecular complexity index is 606. The highest BCUT2D eigenvalue weighted by molar-refractivity contribution is 5.95. The first-order valence-corrected chi connectivity index (χ1v) is 6.31. The lowest BCUT2D eigenvalue weighted by Gasteiger charge is -2.30. The highest BCUT2D eigenvalue weighted by atomic mass is 16.5. The number of benzene rings is 1. The maximum Gasteiger partial charge on any atom is 0.337 e. The van der Waals surface area contributed by atoms with E-state index < -0.39 is 5.97 Å². The molecule has 7 nitrogen and oxygen atoms in total. The first kappa shape index (κ1) is 12.6. The van der Waals surface area contributed by atoms with Gasteiger partial charge in [-0.3, -0.25) is 0 Å². The molecule has 0 saturated carbocycles. The number of ether oxygens (including phenoxy) is 1. The molecule has 1 aliphatic heterocycles. The largest absolute Gasteiger partial charge is 0.478 e. The van der Waals surface area contributed by atoms with E-state index in [-0.39, 0.29) is 5.56 Å². The van der Waals surface area contributed by atoms with Crippen molar-refractivity contribution in [2.45, 2.75) is 0 Å². The molecule has 20 heavy (non-hydrogen) atoms. The van der Waals surface area contributed by atoms with E-state index in [1.165, 1.54) is 6.33 Å². The third-order valence-corrected chi connectivity index (χ3v) is 3.25. The van der Waals surface area contributed by atoms with Gasteiger partial charge in [0, 0.05) is 13.1 Å². The highest BCUT2D eigenvalue weighted by Crippen LogP contribution is 2.25. The Labute approximate surface area is 115 Å². The van der Waals surface area contributed by atoms with E-state index in [1.807, 2.05) is 11.0 Å². The lowest BCUT2D eigenvalue weighted by atomic mass is 10.1. The van der Waals surface area contributed by atoms with Gasteiger partial charge in [-0.2, -0.15) is 5.10 Å². The molecule has 2 heterocycles. The van der Waals surface area contributed by atoms with Crippen LogP contribution in [-0.4, -0.2) is 52.1 Å². The van der Waals surface area contributed by atoms with Gasteiger partial charge in [0.1, 0.15) is 12.7 Å². The molecule has 1 aromatic heterocycles. The van der Waals surface area contributed by atoms with Gasteiger partial charge >= 0.3 is 5.97 Å². The SMILES string of the molecule is O=C(O)c1ccc(-n2cncn2)cc1N1CCOCC1. The molecule has 104 valence electrons. The van der Waals surface area contributed by atoms with Gasteiger partial charge in [-0.05, 0) is 18.2 Å². The third kappa shape index (κ3) is 2.35. The summed E-state index contributed by atoms with van der Waals surface area (Å²) in [6.45, 7) is 2.57. The van der Waals surface area contributed by atoms with Crippen LogP contribution in [0.15, 0.2) is 30.9 Å². The molecule has 1 N–H and O–H groups in total. The summed E-state index contributed by atoms with van der Waals surface area (Å²) in [7, 11) is 0. The fourth-order valence-electron chi connectivity index (χ4n) is 2.25. The van der Waals surface area contributed by atoms with Crippen molar-refractivity contribution in [3.8, 4) is 5.69 Å². The maximum absolute atomic E-state index is 11.4. The van der Waals surface area contributed by atoms with Gasteiger partial charge in [0.25, 0.3) is 0 Å². The van der Waals surface area contributed by atoms with E-state index in [4.69, 9.17) is 4.74 Å². The topological polar surface area (TPSA) is 80.5 Å². The minimum atomic E-state index is -0.934. The van der Waals surface area contributed by atoms with Crippen LogP contribution in [0.2, 0.25) is 0 Å². The summed E-state index contributed by atoms with van der Waals surface area (Å²) in [5.74, 6) is -0.934. The van der Waals surface area contributed by atoms with Crippen molar-refractivity contribution in [1.82, 2.24) is 14.8 Å². The fourth-order valence-corrected chi connectivity index (χ4v) is 2.25. The van der Waals surface area contributed by atoms with Crippen molar-refractivity contribution in [3.05, 3.63) is 36.4 Å². The molecule has 0 aliphatic carbocycles. The zero-order valence-corrected chi connectivity index (χ0v) is 10.8. The first-order valence-electron chi connectivity index (χ1n) is 6.31. The van der Waals surface area contributed by atoms with Crippen LogP contribution in [-0.2, 0) is 4.74 Å². The monoisotopic (exact) mass is 274 g/mol. The molecule has 3 rings (SSSR count). The van der Waals surface area contributed by atoms with Crippen molar-refractivity contribution in [2.75, 3.05) is 31.2 Å². The Kier molecular flexibility index (Phi) is 3.34. The maximum atomic E-state index is 11.4. The number of aromatic nitrogens is 3. The van der Waals surface area contributed by atoms with Gasteiger partial charge in [0.05, 0.1) is 30.2 Å². The number of hydrogen-bond acceptors (Lipinski definition) is 5. The Morgan fingerprint density at radius 2 is 2.10 bits per heavy atom. The molecule has 0 radical (unpaired) electrons. The van der Waals surface area contributed by atoms with E-state index in [0.717, 1.165) is 5.69 Å². The van der Waals surface area contributed by atoms with Gasteiger partial charge in [-0.1, -0.05) is 0 Å². The molecule has 1 aromatic carbocycles. The van der Waals surface area contributed by atoms with Crippen LogP contribution in [0, 0.1) is 0 Å². The Balaban J connectivity index is 2.03. The van der Waals surface area contributed by atoms with E-state index in [0.29, 0.717) is 32.0 Å². The molecular formula is C13H14N4O3. The molecule has 1 fully saturated rings. The van der Waals surface area contributed by atoms with Gasteiger partial charge in [-0.15, -0.1) is 0 Å². The number of rotatable bonds is 3. The number of aromatic carboxylic acids is 1. The molecule has 0 amide bonds. The summed E-state index contributed by atoms with van der Waals surface area (Å²) >= 11 is 0. The van der Waals surface area contributed by atoms with Crippen molar-refractivity contribution in [2.24, 2.45) is 0 Å². The van der Waals surface area contributed by atoms with E-state index in [2.05, 4.69) is 10.1 Å². The molecule has 1 saturated heterocycles. The van der Waals surface area contributed by atoms with Crippen molar-refractivity contribution >= 4 is 11.7 Å². The number of carboxylic acid groups (broad SMARTS) is 1. The second kappa shape index (κ2) is 5.30. The van der Waals surface area contributed by atoms with Crippen LogP contribution in [0.25, 0.3) is 5.69 Å². The molecule has 0 bridgehead atoms. The van der Waals surface area contributed by atoms with Crippen molar-refractivity contribution in [3.63, 3.8) is 0 Å². The number of nitrogens with zero attached hydrogens (tertiary/aromatic N) is 4. The minimum absolute atomic E-state index is 0.288. The molecule has 2 aromatic rings. The van der Waals surface area contributed by atoms with E-state index in [9.17, 15) is 9.90 Å². The van der Waals surface area contributed by atoms with Crippen molar-refractivity contribution < 1.29 is 14.6 Å². The zero-order chi connectivity index (χ0) is 13.9. The van der Waals surface area contributed by atoms with E-state index in [1.54, 1.807) is 23.1 Å². The number of carbonyl (C=O) groups is 1. The normalized spacial score (nSPS) is 15.3. The summed E-state index contributed by atoms with van der Waals surface area (Å²) in [5, 5.41) is 13.4. The number of morpholine rings is 1. The molecule has 0 spiro atoms. The number of hydrogen-bond donors (Lipinski definition) is 1. The third-order valence-electron chi connectivity index (χ3n) is 3.25. The molecule has 0 atom stereocenters. The average molecular weight is 274 g/mol. The Hall–Kier alpha value is -2.41. The number of anilines is 1. The van der Waals surface area contributed by atoms with Crippen molar-refractivity contribution in [1.29, 1.82) is 0 Å². The molecular weight excluding hydrogens is 260 g/mol. The molecule has 0 unspecified atom stereocenters. The smallest absolute Gasteiger partial charge is 0.337 e. The van der Waals surface area contributed by atoms with Crippen LogP contribution >= 0.6 is 0 Å². The zero-order valence-electron chi connectivity index (χ0n) is 10.8. The van der Waals surface area contributed by atoms with Gasteiger partial charge in [0.15, 0.2) is 0 Å². The highest BCUT2D eigenvalue weighted by Gasteiger charge is 2.19. The number of carboxylic acids is 1. The summed E-state index contributed by atoms with van der Waals surface area (Å²) < 4.78 is 6.91. The summed E-state index contributed by atoms with van der Waals surface area (Å²) in [5.41, 5.74) is 1.76. The van der Waals surface area contributed by atoms with Crippen LogP contribution < -0.4 is 4.90 Å². The summed E-state index contributed by atoms with van der Waals surface area (Å²) in [6.07, 6.45) is 3.03. The Morgan fingerprint density at radius 3 is 2.75 bits per heavy atom. The van der Waals surface area contributed by atoms with Gasteiger partial charge < -0.3 is 14.7 Å². The van der Waals surface area contributed by atoms with Crippen LogP contribution in [0.3, 0.4) is 0 Å². The lowest BCUT2D eigenvalue weighted by Crippen LogP contribution is -2.37. The Morgan fingerprint density at radius 1 is 1.30 bits per heavy atom. The van der Waals surface area contributed by atoms with Gasteiger partial charge in [0.2, 0.25) is 0 Å². The van der Waals surface area contributed by atoms with E-state index >= 15 is 0 Å². The quantitative estimate of drug-likeness (QED) is 0.891. The summed E-state index contributed by atoms with van der Waals surface area (Å²) in [6, 6.07) is 5.15. The fraction of sp³-hybridized carbons (Fsp3) is 0.308. The van der Waals surface area contributed by atoms with Crippen LogP contribution in [0.5, 0.6) is 0 Å². The van der Waals surface area contributed by atoms with Crippen LogP contribution in [0.4, 0.5) is 5.69 Å². The predicted octanol–water partition coefficient (Wildman–Crippen LogP) is 0.802. The average Bonchev–Trinajstić information content (AvgIpc) is 3.02. The predicted molar refractivity (Wildman–Crippen MR) is 71.4 cm³/mol. The first-order chi connectivity index (χ1) is 9.75. The second-order valence-electron chi connectivity index (χ2n) is 4.45. The molecule has 1 aliphatic rings. The standard InChI is InChI=1S/C13H14N4O3/c18-13(19)11-2-1-10(17-9-14-8-15-17)7-12(11)16-3-5-20-6-4-16/h1-2,7-9H,3-6H2,(H,18,19). The van der Waals surface area contributed by atoms with Crippen LogP contribution in [0.1, 0.15) is 10.4 Å². The second-order valence-corrected chi connectivity index (χ2v) is 4.45. The minimum Gasteiger partial charge on any atom is -0.478 e. The van der Waals surface area contributed by atoms with Gasteiger partial charge in [-0.25, -0.2) is 14.5 Å². The molecule has 7 heteroatoms.